The molecule has 0 aliphatic heterocycles. The highest BCUT2D eigenvalue weighted by atomic mass is 17.1. The van der Waals surface area contributed by atoms with Gasteiger partial charge in [-0.05, 0) is 30.2 Å². The van der Waals surface area contributed by atoms with Crippen LogP contribution in [-0.2, 0) is 16.2 Å². The quantitative estimate of drug-likeness (QED) is 0.599. The predicted octanol–water partition coefficient (Wildman–Crippen LogP) is 1.51. The van der Waals surface area contributed by atoms with Crippen molar-refractivity contribution in [1.82, 2.24) is 0 Å². The van der Waals surface area contributed by atoms with E-state index in [0.29, 0.717) is 12.0 Å². The molecule has 2 N–H and O–H groups in total. The van der Waals surface area contributed by atoms with Crippen LogP contribution in [0.1, 0.15) is 33.2 Å². The molecule has 0 fully saturated rings. The molecular formula is C10H10O6. The van der Waals surface area contributed by atoms with Crippen molar-refractivity contribution in [3.05, 3.63) is 34.9 Å². The van der Waals surface area contributed by atoms with E-state index >= 15 is 0 Å². The fraction of sp³-hybridized carbons (Fsp3) is 0.200. The second-order valence-electron chi connectivity index (χ2n) is 2.98. The zero-order chi connectivity index (χ0) is 12.1. The van der Waals surface area contributed by atoms with Crippen LogP contribution in [0.3, 0.4) is 0 Å². The van der Waals surface area contributed by atoms with Crippen molar-refractivity contribution in [2.75, 3.05) is 0 Å². The molecule has 0 saturated carbocycles. The minimum Gasteiger partial charge on any atom is -0.296 e. The average molecular weight is 226 g/mol. The third-order valence-electron chi connectivity index (χ3n) is 2.11. The Balaban J connectivity index is 3.16. The number of aryl methyl sites for hydroxylation is 1. The van der Waals surface area contributed by atoms with E-state index in [-0.39, 0.29) is 11.1 Å². The Morgan fingerprint density at radius 2 is 1.81 bits per heavy atom. The summed E-state index contributed by atoms with van der Waals surface area (Å²) in [6, 6.07) is 3.97. The van der Waals surface area contributed by atoms with E-state index in [1.54, 1.807) is 6.92 Å². The maximum absolute atomic E-state index is 11.1. The first-order valence-electron chi connectivity index (χ1n) is 4.48. The largest absolute Gasteiger partial charge is 0.373 e. The Morgan fingerprint density at radius 1 is 1.19 bits per heavy atom. The highest BCUT2D eigenvalue weighted by Gasteiger charge is 2.15. The van der Waals surface area contributed by atoms with Gasteiger partial charge in [0.15, 0.2) is 0 Å². The molecule has 0 unspecified atom stereocenters. The zero-order valence-corrected chi connectivity index (χ0v) is 8.47. The lowest BCUT2D eigenvalue weighted by Gasteiger charge is -2.05. The van der Waals surface area contributed by atoms with Gasteiger partial charge in [0.1, 0.15) is 0 Å². The Bertz CT molecular complexity index is 412. The summed E-state index contributed by atoms with van der Waals surface area (Å²) in [6.45, 7) is 1.76. The smallest absolute Gasteiger partial charge is 0.296 e. The van der Waals surface area contributed by atoms with Crippen molar-refractivity contribution in [3.8, 4) is 0 Å². The molecule has 0 amide bonds. The van der Waals surface area contributed by atoms with Crippen LogP contribution in [0.4, 0.5) is 0 Å². The third kappa shape index (κ3) is 2.36. The van der Waals surface area contributed by atoms with Gasteiger partial charge in [-0.25, -0.2) is 9.59 Å². The first kappa shape index (κ1) is 12.2. The van der Waals surface area contributed by atoms with Gasteiger partial charge in [0.25, 0.3) is 0 Å². The van der Waals surface area contributed by atoms with Crippen molar-refractivity contribution in [2.24, 2.45) is 0 Å². The van der Waals surface area contributed by atoms with Crippen LogP contribution in [0.15, 0.2) is 18.2 Å². The molecule has 0 radical (unpaired) electrons. The molecule has 0 atom stereocenters. The predicted molar refractivity (Wildman–Crippen MR) is 51.9 cm³/mol. The van der Waals surface area contributed by atoms with E-state index < -0.39 is 11.9 Å². The van der Waals surface area contributed by atoms with Crippen LogP contribution in [0.25, 0.3) is 0 Å². The van der Waals surface area contributed by atoms with E-state index in [4.69, 9.17) is 10.5 Å². The minimum absolute atomic E-state index is 0.105. The molecule has 0 aliphatic rings. The fourth-order valence-electron chi connectivity index (χ4n) is 1.31. The molecule has 0 spiro atoms. The van der Waals surface area contributed by atoms with Crippen LogP contribution in [0.2, 0.25) is 0 Å². The normalized spacial score (nSPS) is 9.69. The van der Waals surface area contributed by atoms with Crippen LogP contribution in [0.5, 0.6) is 0 Å². The molecule has 86 valence electrons. The molecule has 1 rings (SSSR count). The van der Waals surface area contributed by atoms with Crippen LogP contribution in [0, 0.1) is 0 Å². The number of hydrogen-bond donors (Lipinski definition) is 2. The summed E-state index contributed by atoms with van der Waals surface area (Å²) < 4.78 is 0. The summed E-state index contributed by atoms with van der Waals surface area (Å²) in [7, 11) is 0. The Kier molecular flexibility index (Phi) is 3.98. The highest BCUT2D eigenvalue weighted by Crippen LogP contribution is 2.14. The molecular weight excluding hydrogens is 216 g/mol. The molecule has 0 saturated heterocycles. The number of carbonyl (C=O) groups excluding carboxylic acids is 2. The topological polar surface area (TPSA) is 93.1 Å². The molecule has 6 heteroatoms. The van der Waals surface area contributed by atoms with E-state index in [1.807, 2.05) is 0 Å². The van der Waals surface area contributed by atoms with Crippen molar-refractivity contribution in [1.29, 1.82) is 0 Å². The first-order valence-corrected chi connectivity index (χ1v) is 4.48. The number of benzene rings is 1. The summed E-state index contributed by atoms with van der Waals surface area (Å²) in [6.07, 6.45) is 0.455. The minimum atomic E-state index is -0.918. The fourth-order valence-corrected chi connectivity index (χ4v) is 1.31. The van der Waals surface area contributed by atoms with Gasteiger partial charge >= 0.3 is 11.9 Å². The number of rotatable bonds is 3. The van der Waals surface area contributed by atoms with Gasteiger partial charge in [-0.3, -0.25) is 9.78 Å². The van der Waals surface area contributed by atoms with Crippen molar-refractivity contribution in [2.45, 2.75) is 13.3 Å². The second kappa shape index (κ2) is 5.24. The van der Waals surface area contributed by atoms with Crippen LogP contribution >= 0.6 is 0 Å². The van der Waals surface area contributed by atoms with Crippen LogP contribution < -0.4 is 0 Å². The van der Waals surface area contributed by atoms with Gasteiger partial charge in [-0.15, -0.1) is 0 Å². The lowest BCUT2D eigenvalue weighted by Crippen LogP contribution is -2.08. The average Bonchev–Trinajstić information content (AvgIpc) is 2.35. The summed E-state index contributed by atoms with van der Waals surface area (Å²) >= 11 is 0. The first-order chi connectivity index (χ1) is 7.63. The van der Waals surface area contributed by atoms with Crippen molar-refractivity contribution < 1.29 is 29.9 Å². The number of hydrogen-bond acceptors (Lipinski definition) is 6. The van der Waals surface area contributed by atoms with E-state index in [9.17, 15) is 9.59 Å². The zero-order valence-electron chi connectivity index (χ0n) is 8.47. The molecule has 0 aliphatic carbocycles. The summed E-state index contributed by atoms with van der Waals surface area (Å²) in [5.74, 6) is -1.82. The summed E-state index contributed by atoms with van der Waals surface area (Å²) in [4.78, 5) is 29.3. The standard InChI is InChI=1S/C10H10O6/c1-2-6-5-7(9(11)15-13)3-4-8(6)10(12)16-14/h3-5,13-14H,2H2,1H3. The molecule has 1 aromatic rings. The second-order valence-corrected chi connectivity index (χ2v) is 2.98. The molecule has 16 heavy (non-hydrogen) atoms. The summed E-state index contributed by atoms with van der Waals surface area (Å²) in [5.41, 5.74) is 0.760. The van der Waals surface area contributed by atoms with Gasteiger partial charge in [-0.2, -0.15) is 10.5 Å². The Hall–Kier alpha value is -1.92. The molecule has 1 aromatic carbocycles. The Labute approximate surface area is 90.9 Å². The van der Waals surface area contributed by atoms with E-state index in [0.717, 1.165) is 0 Å². The molecule has 0 bridgehead atoms. The van der Waals surface area contributed by atoms with Gasteiger partial charge in [0.05, 0.1) is 11.1 Å². The van der Waals surface area contributed by atoms with E-state index in [1.165, 1.54) is 18.2 Å². The maximum Gasteiger partial charge on any atom is 0.373 e. The lowest BCUT2D eigenvalue weighted by atomic mass is 10.0. The van der Waals surface area contributed by atoms with Crippen molar-refractivity contribution in [3.63, 3.8) is 0 Å². The van der Waals surface area contributed by atoms with Gasteiger partial charge in [0.2, 0.25) is 0 Å². The Morgan fingerprint density at radius 3 is 2.31 bits per heavy atom. The SMILES string of the molecule is CCc1cc(C(=O)OO)ccc1C(=O)OO. The highest BCUT2D eigenvalue weighted by molar-refractivity contribution is 5.94. The van der Waals surface area contributed by atoms with Crippen LogP contribution in [-0.4, -0.2) is 22.5 Å². The lowest BCUT2D eigenvalue weighted by molar-refractivity contribution is -0.183. The van der Waals surface area contributed by atoms with Gasteiger partial charge in [-0.1, -0.05) is 6.92 Å². The molecule has 0 heterocycles. The third-order valence-corrected chi connectivity index (χ3v) is 2.11. The van der Waals surface area contributed by atoms with E-state index in [2.05, 4.69) is 9.78 Å². The summed E-state index contributed by atoms with van der Waals surface area (Å²) in [5, 5.41) is 16.4. The monoisotopic (exact) mass is 226 g/mol. The molecule has 0 aromatic heterocycles. The van der Waals surface area contributed by atoms with Gasteiger partial charge < -0.3 is 0 Å². The number of carbonyl (C=O) groups is 2. The van der Waals surface area contributed by atoms with Gasteiger partial charge in [0, 0.05) is 0 Å². The maximum atomic E-state index is 11.1. The van der Waals surface area contributed by atoms with Crippen molar-refractivity contribution >= 4 is 11.9 Å². The molecule has 6 nitrogen and oxygen atoms in total.